The minimum absolute atomic E-state index is 0.0590. The van der Waals surface area contributed by atoms with Crippen molar-refractivity contribution in [3.05, 3.63) is 83.9 Å². The molecule has 2 aromatic rings. The van der Waals surface area contributed by atoms with E-state index in [0.29, 0.717) is 22.4 Å². The second-order valence-electron chi connectivity index (χ2n) is 5.57. The molecule has 0 aliphatic rings. The molecule has 2 aromatic carbocycles. The van der Waals surface area contributed by atoms with E-state index in [0.717, 1.165) is 0 Å². The maximum Gasteiger partial charge on any atom is 0.149 e. The van der Waals surface area contributed by atoms with Gasteiger partial charge in [0.1, 0.15) is 17.4 Å². The summed E-state index contributed by atoms with van der Waals surface area (Å²) in [6.07, 6.45) is 1.60. The number of benzene rings is 2. The summed E-state index contributed by atoms with van der Waals surface area (Å²) in [7, 11) is 1.69. The highest BCUT2D eigenvalue weighted by Gasteiger charge is 2.15. The first-order valence-corrected chi connectivity index (χ1v) is 7.51. The van der Waals surface area contributed by atoms with Gasteiger partial charge in [-0.3, -0.25) is 4.79 Å². The Hall–Kier alpha value is -2.75. The van der Waals surface area contributed by atoms with Crippen molar-refractivity contribution in [2.24, 2.45) is 0 Å². The van der Waals surface area contributed by atoms with Crippen molar-refractivity contribution in [1.82, 2.24) is 4.90 Å². The molecule has 0 aromatic heterocycles. The number of ketones is 1. The van der Waals surface area contributed by atoms with Gasteiger partial charge in [-0.25, -0.2) is 8.78 Å². The average Bonchev–Trinajstić information content (AvgIpc) is 2.53. The zero-order chi connectivity index (χ0) is 17.7. The van der Waals surface area contributed by atoms with Gasteiger partial charge in [0.15, 0.2) is 0 Å². The van der Waals surface area contributed by atoms with Crippen LogP contribution >= 0.6 is 0 Å². The molecule has 0 fully saturated rings. The number of rotatable bonds is 6. The Morgan fingerprint density at radius 1 is 1.04 bits per heavy atom. The van der Waals surface area contributed by atoms with E-state index in [1.807, 2.05) is 0 Å². The molecule has 2 rings (SSSR count). The molecular formula is C20H19F2NO. The van der Waals surface area contributed by atoms with E-state index >= 15 is 0 Å². The third-order valence-electron chi connectivity index (χ3n) is 3.55. The number of hydrogen-bond acceptors (Lipinski definition) is 2. The van der Waals surface area contributed by atoms with E-state index in [9.17, 15) is 13.6 Å². The summed E-state index contributed by atoms with van der Waals surface area (Å²) >= 11 is 0. The standard InChI is InChI=1S/C20H19F2NO/c1-14(16-8-4-6-10-18(16)21)12-20(23(3)13-15(2)24)17-9-5-7-11-19(17)22/h4-12H,1,13H2,2-3H3/b20-12-. The Morgan fingerprint density at radius 2 is 1.54 bits per heavy atom. The number of halogens is 2. The molecule has 0 N–H and O–H groups in total. The molecule has 24 heavy (non-hydrogen) atoms. The highest BCUT2D eigenvalue weighted by molar-refractivity contribution is 5.85. The van der Waals surface area contributed by atoms with Crippen LogP contribution in [-0.4, -0.2) is 24.3 Å². The second-order valence-corrected chi connectivity index (χ2v) is 5.57. The molecule has 0 saturated carbocycles. The molecule has 0 bridgehead atoms. The van der Waals surface area contributed by atoms with E-state index in [4.69, 9.17) is 0 Å². The van der Waals surface area contributed by atoms with Gasteiger partial charge >= 0.3 is 0 Å². The first-order chi connectivity index (χ1) is 11.4. The van der Waals surface area contributed by atoms with Crippen molar-refractivity contribution in [2.75, 3.05) is 13.6 Å². The molecule has 0 heterocycles. The molecule has 0 spiro atoms. The predicted molar refractivity (Wildman–Crippen MR) is 93.1 cm³/mol. The molecule has 0 amide bonds. The van der Waals surface area contributed by atoms with Crippen molar-refractivity contribution in [1.29, 1.82) is 0 Å². The Kier molecular flexibility index (Phi) is 5.64. The fourth-order valence-corrected chi connectivity index (χ4v) is 2.45. The van der Waals surface area contributed by atoms with Crippen molar-refractivity contribution in [3.8, 4) is 0 Å². The first kappa shape index (κ1) is 17.6. The van der Waals surface area contributed by atoms with Gasteiger partial charge in [-0.1, -0.05) is 36.9 Å². The minimum Gasteiger partial charge on any atom is -0.367 e. The fourth-order valence-electron chi connectivity index (χ4n) is 2.45. The van der Waals surface area contributed by atoms with Gasteiger partial charge in [-0.05, 0) is 36.8 Å². The fraction of sp³-hybridized carbons (Fsp3) is 0.150. The van der Waals surface area contributed by atoms with E-state index < -0.39 is 11.6 Å². The maximum atomic E-state index is 14.2. The summed E-state index contributed by atoms with van der Waals surface area (Å²) in [5.74, 6) is -0.877. The molecule has 0 saturated heterocycles. The van der Waals surface area contributed by atoms with Crippen LogP contribution in [0.4, 0.5) is 8.78 Å². The predicted octanol–water partition coefficient (Wildman–Crippen LogP) is 4.54. The lowest BCUT2D eigenvalue weighted by molar-refractivity contribution is -0.117. The van der Waals surface area contributed by atoms with Crippen LogP contribution in [0.3, 0.4) is 0 Å². The molecule has 124 valence electrons. The van der Waals surface area contributed by atoms with Gasteiger partial charge < -0.3 is 4.90 Å². The molecule has 0 atom stereocenters. The van der Waals surface area contributed by atoms with Gasteiger partial charge in [0.05, 0.1) is 6.54 Å². The summed E-state index contributed by atoms with van der Waals surface area (Å²) in [5.41, 5.74) is 1.54. The molecule has 0 aliphatic heterocycles. The number of nitrogens with zero attached hydrogens (tertiary/aromatic N) is 1. The van der Waals surface area contributed by atoms with E-state index in [1.165, 1.54) is 19.1 Å². The van der Waals surface area contributed by atoms with Crippen molar-refractivity contribution in [3.63, 3.8) is 0 Å². The summed E-state index contributed by atoms with van der Waals surface area (Å²) < 4.78 is 28.2. The van der Waals surface area contributed by atoms with Crippen molar-refractivity contribution < 1.29 is 13.6 Å². The summed E-state index contributed by atoms with van der Waals surface area (Å²) in [5, 5.41) is 0. The van der Waals surface area contributed by atoms with Gasteiger partial charge in [0, 0.05) is 23.9 Å². The topological polar surface area (TPSA) is 20.3 Å². The van der Waals surface area contributed by atoms with E-state index in [-0.39, 0.29) is 12.3 Å². The van der Waals surface area contributed by atoms with Gasteiger partial charge in [-0.15, -0.1) is 0 Å². The number of allylic oxidation sites excluding steroid dienone is 2. The molecule has 0 radical (unpaired) electrons. The van der Waals surface area contributed by atoms with Crippen LogP contribution < -0.4 is 0 Å². The third kappa shape index (κ3) is 4.16. The Labute approximate surface area is 140 Å². The lowest BCUT2D eigenvalue weighted by Gasteiger charge is -2.23. The summed E-state index contributed by atoms with van der Waals surface area (Å²) in [6.45, 7) is 5.47. The second kappa shape index (κ2) is 7.68. The largest absolute Gasteiger partial charge is 0.367 e. The smallest absolute Gasteiger partial charge is 0.149 e. The number of Topliss-reactive ketones (excluding diaryl/α,β-unsaturated/α-hetero) is 1. The maximum absolute atomic E-state index is 14.2. The lowest BCUT2D eigenvalue weighted by atomic mass is 10.0. The molecular weight excluding hydrogens is 308 g/mol. The van der Waals surface area contributed by atoms with Crippen LogP contribution in [0.1, 0.15) is 18.1 Å². The van der Waals surface area contributed by atoms with Crippen LogP contribution in [0.2, 0.25) is 0 Å². The number of likely N-dealkylation sites (N-methyl/N-ethyl adjacent to an activating group) is 1. The molecule has 2 nitrogen and oxygen atoms in total. The van der Waals surface area contributed by atoms with Gasteiger partial charge in [0.25, 0.3) is 0 Å². The van der Waals surface area contributed by atoms with Crippen molar-refractivity contribution >= 4 is 17.1 Å². The van der Waals surface area contributed by atoms with Gasteiger partial charge in [-0.2, -0.15) is 0 Å². The zero-order valence-electron chi connectivity index (χ0n) is 13.7. The number of hydrogen-bond donors (Lipinski definition) is 0. The highest BCUT2D eigenvalue weighted by atomic mass is 19.1. The first-order valence-electron chi connectivity index (χ1n) is 7.51. The Bertz CT molecular complexity index is 796. The van der Waals surface area contributed by atoms with Crippen LogP contribution in [0.15, 0.2) is 61.2 Å². The third-order valence-corrected chi connectivity index (χ3v) is 3.55. The average molecular weight is 327 g/mol. The molecule has 0 unspecified atom stereocenters. The summed E-state index contributed by atoms with van der Waals surface area (Å²) in [6, 6.07) is 12.5. The Morgan fingerprint density at radius 3 is 2.04 bits per heavy atom. The van der Waals surface area contributed by atoms with Gasteiger partial charge in [0.2, 0.25) is 0 Å². The van der Waals surface area contributed by atoms with Crippen LogP contribution in [-0.2, 0) is 4.79 Å². The van der Waals surface area contributed by atoms with E-state index in [2.05, 4.69) is 6.58 Å². The Balaban J connectivity index is 2.49. The lowest BCUT2D eigenvalue weighted by Crippen LogP contribution is -2.23. The number of carbonyl (C=O) groups excluding carboxylic acids is 1. The van der Waals surface area contributed by atoms with Crippen LogP contribution in [0, 0.1) is 11.6 Å². The quantitative estimate of drug-likeness (QED) is 0.726. The molecule has 0 aliphatic carbocycles. The van der Waals surface area contributed by atoms with E-state index in [1.54, 1.807) is 54.4 Å². The van der Waals surface area contributed by atoms with Crippen molar-refractivity contribution in [2.45, 2.75) is 6.92 Å². The molecule has 4 heteroatoms. The SMILES string of the molecule is C=C(/C=C(/c1ccccc1F)N(C)CC(C)=O)c1ccccc1F. The highest BCUT2D eigenvalue weighted by Crippen LogP contribution is 2.26. The number of carbonyl (C=O) groups is 1. The zero-order valence-corrected chi connectivity index (χ0v) is 13.7. The normalized spacial score (nSPS) is 11.2. The monoisotopic (exact) mass is 327 g/mol. The summed E-state index contributed by atoms with van der Waals surface area (Å²) in [4.78, 5) is 13.1. The van der Waals surface area contributed by atoms with Crippen LogP contribution in [0.5, 0.6) is 0 Å². The van der Waals surface area contributed by atoms with Crippen LogP contribution in [0.25, 0.3) is 11.3 Å². The minimum atomic E-state index is -0.416.